The largest absolute Gasteiger partial charge is 0.435 e. The van der Waals surface area contributed by atoms with Crippen molar-refractivity contribution < 1.29 is 13.5 Å². The van der Waals surface area contributed by atoms with Crippen molar-refractivity contribution in [3.8, 4) is 17.0 Å². The van der Waals surface area contributed by atoms with E-state index in [1.165, 1.54) is 12.1 Å². The van der Waals surface area contributed by atoms with Crippen molar-refractivity contribution in [2.24, 2.45) is 0 Å². The quantitative estimate of drug-likeness (QED) is 0.941. The molecule has 5 nitrogen and oxygen atoms in total. The first kappa shape index (κ1) is 12.6. The SMILES string of the molecule is Nc1nnc(Br)c(-c2ccc(OC(F)F)cc2)n1. The minimum absolute atomic E-state index is 0.0288. The molecule has 8 heteroatoms. The lowest BCUT2D eigenvalue weighted by Crippen LogP contribution is -2.02. The summed E-state index contributed by atoms with van der Waals surface area (Å²) >= 11 is 3.18. The molecule has 0 fully saturated rings. The molecule has 0 aliphatic carbocycles. The molecule has 1 aromatic carbocycles. The lowest BCUT2D eigenvalue weighted by molar-refractivity contribution is -0.0498. The van der Waals surface area contributed by atoms with Gasteiger partial charge in [0.25, 0.3) is 0 Å². The summed E-state index contributed by atoms with van der Waals surface area (Å²) in [6.07, 6.45) is 0. The molecule has 0 spiro atoms. The van der Waals surface area contributed by atoms with Crippen molar-refractivity contribution in [3.63, 3.8) is 0 Å². The Bertz CT molecular complexity index is 550. The van der Waals surface area contributed by atoms with Gasteiger partial charge in [-0.15, -0.1) is 10.2 Å². The third kappa shape index (κ3) is 2.89. The Hall–Kier alpha value is -1.83. The lowest BCUT2D eigenvalue weighted by atomic mass is 10.1. The third-order valence-corrected chi connectivity index (χ3v) is 2.55. The minimum atomic E-state index is -2.85. The monoisotopic (exact) mass is 316 g/mol. The Morgan fingerprint density at radius 2 is 1.83 bits per heavy atom. The molecule has 0 amide bonds. The molecule has 18 heavy (non-hydrogen) atoms. The van der Waals surface area contributed by atoms with E-state index in [2.05, 4.69) is 35.8 Å². The van der Waals surface area contributed by atoms with Crippen LogP contribution in [0.1, 0.15) is 0 Å². The second-order valence-electron chi connectivity index (χ2n) is 3.21. The first-order valence-electron chi connectivity index (χ1n) is 4.77. The van der Waals surface area contributed by atoms with Crippen LogP contribution >= 0.6 is 15.9 Å². The number of nitrogens with zero attached hydrogens (tertiary/aromatic N) is 3. The number of nitrogen functional groups attached to an aromatic ring is 1. The van der Waals surface area contributed by atoms with Crippen LogP contribution in [0.3, 0.4) is 0 Å². The highest BCUT2D eigenvalue weighted by Crippen LogP contribution is 2.26. The lowest BCUT2D eigenvalue weighted by Gasteiger charge is -2.06. The molecule has 2 rings (SSSR count). The fraction of sp³-hybridized carbons (Fsp3) is 0.100. The number of ether oxygens (including phenoxy) is 1. The predicted octanol–water partition coefficient (Wildman–Crippen LogP) is 2.48. The van der Waals surface area contributed by atoms with E-state index >= 15 is 0 Å². The van der Waals surface area contributed by atoms with Gasteiger partial charge in [0.2, 0.25) is 5.95 Å². The van der Waals surface area contributed by atoms with Gasteiger partial charge in [0.1, 0.15) is 11.4 Å². The maximum atomic E-state index is 12.0. The number of halogens is 3. The van der Waals surface area contributed by atoms with E-state index in [0.717, 1.165) is 0 Å². The Morgan fingerprint density at radius 1 is 1.17 bits per heavy atom. The number of anilines is 1. The van der Waals surface area contributed by atoms with Crippen molar-refractivity contribution >= 4 is 21.9 Å². The average molecular weight is 317 g/mol. The van der Waals surface area contributed by atoms with Crippen LogP contribution in [0.25, 0.3) is 11.3 Å². The molecule has 2 N–H and O–H groups in total. The number of nitrogens with two attached hydrogens (primary N) is 1. The summed E-state index contributed by atoms with van der Waals surface area (Å²) in [5.74, 6) is 0.0981. The van der Waals surface area contributed by atoms with Gasteiger partial charge in [-0.25, -0.2) is 4.98 Å². The number of aromatic nitrogens is 3. The van der Waals surface area contributed by atoms with Gasteiger partial charge in [-0.1, -0.05) is 0 Å². The molecule has 1 aromatic heterocycles. The van der Waals surface area contributed by atoms with Gasteiger partial charge >= 0.3 is 6.61 Å². The standard InChI is InChI=1S/C10H7BrF2N4O/c11-8-7(15-10(14)17-16-8)5-1-3-6(4-2-5)18-9(12)13/h1-4,9H,(H2,14,15,17). The Kier molecular flexibility index (Phi) is 3.66. The number of hydrogen-bond donors (Lipinski definition) is 1. The van der Waals surface area contributed by atoms with E-state index < -0.39 is 6.61 Å². The highest BCUT2D eigenvalue weighted by atomic mass is 79.9. The van der Waals surface area contributed by atoms with E-state index in [1.807, 2.05) is 0 Å². The molecule has 94 valence electrons. The zero-order valence-corrected chi connectivity index (χ0v) is 10.4. The summed E-state index contributed by atoms with van der Waals surface area (Å²) in [6.45, 7) is -2.85. The fourth-order valence-corrected chi connectivity index (χ4v) is 1.70. The predicted molar refractivity (Wildman–Crippen MR) is 64.0 cm³/mol. The summed E-state index contributed by atoms with van der Waals surface area (Å²) in [5.41, 5.74) is 6.57. The van der Waals surface area contributed by atoms with E-state index in [1.54, 1.807) is 12.1 Å². The highest BCUT2D eigenvalue weighted by Gasteiger charge is 2.09. The second-order valence-corrected chi connectivity index (χ2v) is 3.96. The van der Waals surface area contributed by atoms with Gasteiger partial charge in [-0.3, -0.25) is 0 Å². The number of alkyl halides is 2. The molecule has 0 radical (unpaired) electrons. The Labute approximate surface area is 109 Å². The first-order valence-corrected chi connectivity index (χ1v) is 5.56. The van der Waals surface area contributed by atoms with Crippen LogP contribution in [0.15, 0.2) is 28.9 Å². The van der Waals surface area contributed by atoms with Gasteiger partial charge < -0.3 is 10.5 Å². The summed E-state index contributed by atoms with van der Waals surface area (Å²) in [6, 6.07) is 5.97. The molecule has 0 saturated heterocycles. The molecule has 0 aliphatic rings. The van der Waals surface area contributed by atoms with Gasteiger partial charge in [0, 0.05) is 5.56 Å². The topological polar surface area (TPSA) is 73.9 Å². The van der Waals surface area contributed by atoms with Gasteiger partial charge in [0.05, 0.1) is 0 Å². The number of hydrogen-bond acceptors (Lipinski definition) is 5. The van der Waals surface area contributed by atoms with Crippen molar-refractivity contribution in [1.29, 1.82) is 0 Å². The van der Waals surface area contributed by atoms with Crippen molar-refractivity contribution in [1.82, 2.24) is 15.2 Å². The zero-order chi connectivity index (χ0) is 13.1. The van der Waals surface area contributed by atoms with E-state index in [9.17, 15) is 8.78 Å². The maximum Gasteiger partial charge on any atom is 0.387 e. The summed E-state index contributed by atoms with van der Waals surface area (Å²) in [4.78, 5) is 4.00. The third-order valence-electron chi connectivity index (χ3n) is 2.01. The van der Waals surface area contributed by atoms with E-state index in [-0.39, 0.29) is 11.7 Å². The van der Waals surface area contributed by atoms with Crippen LogP contribution < -0.4 is 10.5 Å². The smallest absolute Gasteiger partial charge is 0.387 e. The first-order chi connectivity index (χ1) is 8.56. The molecule has 0 unspecified atom stereocenters. The molecule has 1 heterocycles. The van der Waals surface area contributed by atoms with E-state index in [4.69, 9.17) is 5.73 Å². The van der Waals surface area contributed by atoms with Gasteiger partial charge in [0.15, 0.2) is 4.60 Å². The van der Waals surface area contributed by atoms with Crippen LogP contribution in [0.5, 0.6) is 5.75 Å². The normalized spacial score (nSPS) is 10.7. The summed E-state index contributed by atoms with van der Waals surface area (Å²) in [5, 5.41) is 7.32. The number of benzene rings is 1. The Morgan fingerprint density at radius 3 is 2.44 bits per heavy atom. The minimum Gasteiger partial charge on any atom is -0.435 e. The zero-order valence-electron chi connectivity index (χ0n) is 8.85. The summed E-state index contributed by atoms with van der Waals surface area (Å²) < 4.78 is 28.6. The number of rotatable bonds is 3. The maximum absolute atomic E-state index is 12.0. The van der Waals surface area contributed by atoms with Gasteiger partial charge in [-0.05, 0) is 40.2 Å². The van der Waals surface area contributed by atoms with E-state index in [0.29, 0.717) is 15.9 Å². The molecule has 0 aliphatic heterocycles. The van der Waals surface area contributed by atoms with Crippen LogP contribution in [-0.4, -0.2) is 21.8 Å². The highest BCUT2D eigenvalue weighted by molar-refractivity contribution is 9.10. The molecule has 0 atom stereocenters. The Balaban J connectivity index is 2.31. The molecular weight excluding hydrogens is 310 g/mol. The van der Waals surface area contributed by atoms with Crippen LogP contribution in [0.2, 0.25) is 0 Å². The summed E-state index contributed by atoms with van der Waals surface area (Å²) in [7, 11) is 0. The molecule has 0 saturated carbocycles. The molecule has 0 bridgehead atoms. The fourth-order valence-electron chi connectivity index (χ4n) is 1.30. The van der Waals surface area contributed by atoms with Crippen molar-refractivity contribution in [2.45, 2.75) is 6.61 Å². The average Bonchev–Trinajstić information content (AvgIpc) is 2.33. The van der Waals surface area contributed by atoms with Crippen LogP contribution in [-0.2, 0) is 0 Å². The second kappa shape index (κ2) is 5.21. The van der Waals surface area contributed by atoms with Crippen LogP contribution in [0.4, 0.5) is 14.7 Å². The van der Waals surface area contributed by atoms with Crippen molar-refractivity contribution in [3.05, 3.63) is 28.9 Å². The molecule has 2 aromatic rings. The van der Waals surface area contributed by atoms with Gasteiger partial charge in [-0.2, -0.15) is 8.78 Å². The molecular formula is C10H7BrF2N4O. The van der Waals surface area contributed by atoms with Crippen LogP contribution in [0, 0.1) is 0 Å². The van der Waals surface area contributed by atoms with Crippen molar-refractivity contribution in [2.75, 3.05) is 5.73 Å².